The first-order valence-corrected chi connectivity index (χ1v) is 7.74. The second kappa shape index (κ2) is 6.94. The van der Waals surface area contributed by atoms with Crippen LogP contribution in [0.4, 0.5) is 10.1 Å². The van der Waals surface area contributed by atoms with E-state index >= 15 is 0 Å². The van der Waals surface area contributed by atoms with E-state index in [1.807, 2.05) is 45.0 Å². The number of para-hydroxylation sites is 2. The van der Waals surface area contributed by atoms with E-state index in [2.05, 4.69) is 21.2 Å². The largest absolute Gasteiger partial charge is 0.489 e. The van der Waals surface area contributed by atoms with Gasteiger partial charge in [0, 0.05) is 6.04 Å². The Morgan fingerprint density at radius 1 is 1.10 bits per heavy atom. The summed E-state index contributed by atoms with van der Waals surface area (Å²) in [4.78, 5) is 0. The first kappa shape index (κ1) is 15.8. The zero-order chi connectivity index (χ0) is 15.4. The molecule has 0 aromatic heterocycles. The fourth-order valence-electron chi connectivity index (χ4n) is 2.04. The maximum absolute atomic E-state index is 13.3. The first-order chi connectivity index (χ1) is 9.97. The number of rotatable bonds is 5. The SMILES string of the molecule is CC(C)Oc1ccccc1NC(C)c1ccc(F)c(Br)c1. The Hall–Kier alpha value is -1.55. The average Bonchev–Trinajstić information content (AvgIpc) is 2.43. The molecule has 0 saturated heterocycles. The number of benzene rings is 2. The highest BCUT2D eigenvalue weighted by atomic mass is 79.9. The minimum absolute atomic E-state index is 0.0406. The van der Waals surface area contributed by atoms with Crippen molar-refractivity contribution in [1.82, 2.24) is 0 Å². The quantitative estimate of drug-likeness (QED) is 0.762. The smallest absolute Gasteiger partial charge is 0.142 e. The molecule has 0 aliphatic heterocycles. The predicted molar refractivity (Wildman–Crippen MR) is 88.3 cm³/mol. The summed E-state index contributed by atoms with van der Waals surface area (Å²) in [6.45, 7) is 6.03. The summed E-state index contributed by atoms with van der Waals surface area (Å²) in [5.74, 6) is 0.565. The Morgan fingerprint density at radius 2 is 1.81 bits per heavy atom. The van der Waals surface area contributed by atoms with E-state index in [-0.39, 0.29) is 18.0 Å². The van der Waals surface area contributed by atoms with Gasteiger partial charge in [0.2, 0.25) is 0 Å². The predicted octanol–water partition coefficient (Wildman–Crippen LogP) is 5.55. The number of anilines is 1. The van der Waals surface area contributed by atoms with Crippen LogP contribution in [-0.4, -0.2) is 6.10 Å². The molecule has 0 aliphatic carbocycles. The Kier molecular flexibility index (Phi) is 5.23. The fraction of sp³-hybridized carbons (Fsp3) is 0.294. The van der Waals surface area contributed by atoms with Crippen molar-refractivity contribution in [2.24, 2.45) is 0 Å². The molecule has 2 rings (SSSR count). The van der Waals surface area contributed by atoms with Crippen molar-refractivity contribution in [2.45, 2.75) is 32.9 Å². The van der Waals surface area contributed by atoms with Gasteiger partial charge in [-0.25, -0.2) is 4.39 Å². The highest BCUT2D eigenvalue weighted by molar-refractivity contribution is 9.10. The molecule has 21 heavy (non-hydrogen) atoms. The molecule has 112 valence electrons. The molecule has 0 aliphatic rings. The molecule has 1 unspecified atom stereocenters. The third-order valence-electron chi connectivity index (χ3n) is 3.07. The van der Waals surface area contributed by atoms with Crippen molar-refractivity contribution in [2.75, 3.05) is 5.32 Å². The summed E-state index contributed by atoms with van der Waals surface area (Å²) in [5.41, 5.74) is 1.93. The Morgan fingerprint density at radius 3 is 2.48 bits per heavy atom. The van der Waals surface area contributed by atoms with Gasteiger partial charge in [0.25, 0.3) is 0 Å². The topological polar surface area (TPSA) is 21.3 Å². The Balaban J connectivity index is 2.19. The maximum atomic E-state index is 13.3. The molecule has 0 fully saturated rings. The summed E-state index contributed by atoms with van der Waals surface area (Å²) < 4.78 is 19.6. The number of hydrogen-bond acceptors (Lipinski definition) is 2. The molecule has 0 heterocycles. The third-order valence-corrected chi connectivity index (χ3v) is 3.67. The molecule has 4 heteroatoms. The third kappa shape index (κ3) is 4.21. The molecule has 0 bridgehead atoms. The molecule has 2 aromatic rings. The molecule has 2 aromatic carbocycles. The molecule has 0 amide bonds. The van der Waals surface area contributed by atoms with Gasteiger partial charge in [0.05, 0.1) is 16.3 Å². The Labute approximate surface area is 133 Å². The summed E-state index contributed by atoms with van der Waals surface area (Å²) >= 11 is 3.22. The van der Waals surface area contributed by atoms with E-state index in [4.69, 9.17) is 4.74 Å². The second-order valence-corrected chi connectivity index (χ2v) is 6.06. The summed E-state index contributed by atoms with van der Waals surface area (Å²) in [6, 6.07) is 12.9. The van der Waals surface area contributed by atoms with Crippen molar-refractivity contribution >= 4 is 21.6 Å². The summed E-state index contributed by atoms with van der Waals surface area (Å²) in [5, 5.41) is 3.41. The summed E-state index contributed by atoms with van der Waals surface area (Å²) in [7, 11) is 0. The van der Waals surface area contributed by atoms with E-state index in [0.717, 1.165) is 17.0 Å². The van der Waals surface area contributed by atoms with Crippen molar-refractivity contribution in [3.63, 3.8) is 0 Å². The fourth-order valence-corrected chi connectivity index (χ4v) is 2.44. The van der Waals surface area contributed by atoms with Crippen LogP contribution in [-0.2, 0) is 0 Å². The molecular formula is C17H19BrFNO. The van der Waals surface area contributed by atoms with Crippen molar-refractivity contribution in [3.8, 4) is 5.75 Å². The van der Waals surface area contributed by atoms with E-state index in [1.165, 1.54) is 6.07 Å². The van der Waals surface area contributed by atoms with Gasteiger partial charge in [-0.15, -0.1) is 0 Å². The monoisotopic (exact) mass is 351 g/mol. The van der Waals surface area contributed by atoms with Crippen molar-refractivity contribution in [3.05, 3.63) is 58.3 Å². The zero-order valence-electron chi connectivity index (χ0n) is 12.4. The molecule has 0 spiro atoms. The number of nitrogens with one attached hydrogen (secondary N) is 1. The van der Waals surface area contributed by atoms with E-state index in [9.17, 15) is 4.39 Å². The van der Waals surface area contributed by atoms with Gasteiger partial charge in [0.1, 0.15) is 11.6 Å². The average molecular weight is 352 g/mol. The number of halogens is 2. The van der Waals surface area contributed by atoms with Crippen LogP contribution in [0.25, 0.3) is 0 Å². The zero-order valence-corrected chi connectivity index (χ0v) is 13.9. The van der Waals surface area contributed by atoms with Gasteiger partial charge < -0.3 is 10.1 Å². The van der Waals surface area contributed by atoms with Gasteiger partial charge in [-0.2, -0.15) is 0 Å². The van der Waals surface area contributed by atoms with Crippen LogP contribution in [0.2, 0.25) is 0 Å². The van der Waals surface area contributed by atoms with Crippen LogP contribution in [0.1, 0.15) is 32.4 Å². The van der Waals surface area contributed by atoms with Crippen molar-refractivity contribution < 1.29 is 9.13 Å². The van der Waals surface area contributed by atoms with Gasteiger partial charge in [-0.3, -0.25) is 0 Å². The standard InChI is InChI=1S/C17H19BrFNO/c1-11(2)21-17-7-5-4-6-16(17)20-12(3)13-8-9-15(19)14(18)10-13/h4-12,20H,1-3H3. The highest BCUT2D eigenvalue weighted by Gasteiger charge is 2.11. The molecule has 1 atom stereocenters. The Bertz CT molecular complexity index is 615. The molecule has 2 nitrogen and oxygen atoms in total. The van der Waals surface area contributed by atoms with Crippen LogP contribution in [0, 0.1) is 5.82 Å². The highest BCUT2D eigenvalue weighted by Crippen LogP contribution is 2.30. The molecule has 0 saturated carbocycles. The van der Waals surface area contributed by atoms with Gasteiger partial charge in [-0.05, 0) is 66.5 Å². The van der Waals surface area contributed by atoms with Crippen LogP contribution in [0.15, 0.2) is 46.9 Å². The van der Waals surface area contributed by atoms with Crippen LogP contribution >= 0.6 is 15.9 Å². The van der Waals surface area contributed by atoms with E-state index in [0.29, 0.717) is 4.47 Å². The lowest BCUT2D eigenvalue weighted by Gasteiger charge is -2.20. The lowest BCUT2D eigenvalue weighted by Crippen LogP contribution is -2.11. The van der Waals surface area contributed by atoms with Crippen LogP contribution in [0.5, 0.6) is 5.75 Å². The lowest BCUT2D eigenvalue weighted by atomic mass is 10.1. The van der Waals surface area contributed by atoms with Gasteiger partial charge in [0.15, 0.2) is 0 Å². The van der Waals surface area contributed by atoms with E-state index < -0.39 is 0 Å². The van der Waals surface area contributed by atoms with Crippen LogP contribution < -0.4 is 10.1 Å². The van der Waals surface area contributed by atoms with Crippen LogP contribution in [0.3, 0.4) is 0 Å². The second-order valence-electron chi connectivity index (χ2n) is 5.20. The minimum atomic E-state index is -0.255. The minimum Gasteiger partial charge on any atom is -0.489 e. The van der Waals surface area contributed by atoms with Gasteiger partial charge in [-0.1, -0.05) is 18.2 Å². The lowest BCUT2D eigenvalue weighted by molar-refractivity contribution is 0.243. The molecule has 0 radical (unpaired) electrons. The summed E-state index contributed by atoms with van der Waals surface area (Å²) in [6.07, 6.45) is 0.114. The number of ether oxygens (including phenoxy) is 1. The molecular weight excluding hydrogens is 333 g/mol. The van der Waals surface area contributed by atoms with E-state index in [1.54, 1.807) is 12.1 Å². The normalized spacial score (nSPS) is 12.3. The van der Waals surface area contributed by atoms with Crippen molar-refractivity contribution in [1.29, 1.82) is 0 Å². The molecule has 1 N–H and O–H groups in total. The first-order valence-electron chi connectivity index (χ1n) is 6.94. The number of hydrogen-bond donors (Lipinski definition) is 1. The maximum Gasteiger partial charge on any atom is 0.142 e. The van der Waals surface area contributed by atoms with Gasteiger partial charge >= 0.3 is 0 Å².